The minimum Gasteiger partial charge on any atom is -0.494 e. The zero-order valence-electron chi connectivity index (χ0n) is 21.3. The maximum Gasteiger partial charge on any atom is 0.157 e. The Morgan fingerprint density at radius 1 is 1.06 bits per heavy atom. The molecular weight excluding hydrogens is 448 g/mol. The molecule has 0 saturated heterocycles. The van der Waals surface area contributed by atoms with Crippen molar-refractivity contribution in [1.29, 1.82) is 0 Å². The van der Waals surface area contributed by atoms with Crippen molar-refractivity contribution in [2.45, 2.75) is 40.0 Å². The molecule has 1 unspecified atom stereocenters. The number of hydrogen-bond donors (Lipinski definition) is 3. The van der Waals surface area contributed by atoms with Gasteiger partial charge >= 0.3 is 0 Å². The quantitative estimate of drug-likeness (QED) is 0.290. The number of methoxy groups -OCH3 is 1. The van der Waals surface area contributed by atoms with Gasteiger partial charge < -0.3 is 24.7 Å². The number of benzene rings is 2. The van der Waals surface area contributed by atoms with Crippen LogP contribution in [0.1, 0.15) is 48.3 Å². The molecule has 6 heteroatoms. The summed E-state index contributed by atoms with van der Waals surface area (Å²) in [5.74, 6) is 0.687. The summed E-state index contributed by atoms with van der Waals surface area (Å²) in [5.41, 5.74) is 8.33. The molecule has 36 heavy (non-hydrogen) atoms. The fourth-order valence-corrected chi connectivity index (χ4v) is 4.72. The third kappa shape index (κ3) is 4.48. The Kier molecular flexibility index (Phi) is 6.29. The first-order valence-corrected chi connectivity index (χ1v) is 12.2. The lowest BCUT2D eigenvalue weighted by Crippen LogP contribution is -2.15. The van der Waals surface area contributed by atoms with Crippen molar-refractivity contribution in [1.82, 2.24) is 9.55 Å². The monoisotopic (exact) mass is 480 g/mol. The van der Waals surface area contributed by atoms with Gasteiger partial charge in [-0.2, -0.15) is 0 Å². The lowest BCUT2D eigenvalue weighted by molar-refractivity contribution is 0.150. The Morgan fingerprint density at radius 3 is 2.47 bits per heavy atom. The van der Waals surface area contributed by atoms with E-state index in [0.29, 0.717) is 11.8 Å². The fourth-order valence-electron chi connectivity index (χ4n) is 4.72. The summed E-state index contributed by atoms with van der Waals surface area (Å²) < 4.78 is 7.62. The second kappa shape index (κ2) is 9.55. The molecule has 1 atom stereocenters. The van der Waals surface area contributed by atoms with Gasteiger partial charge in [0.1, 0.15) is 11.5 Å². The van der Waals surface area contributed by atoms with Crippen LogP contribution in [0.15, 0.2) is 83.2 Å². The number of anilines is 1. The van der Waals surface area contributed by atoms with E-state index in [9.17, 15) is 5.11 Å². The number of nitrogens with one attached hydrogen (secondary N) is 2. The lowest BCUT2D eigenvalue weighted by atomic mass is 10.1. The minimum absolute atomic E-state index is 0.337. The fraction of sp³-hybridized carbons (Fsp3) is 0.233. The number of aliphatic hydroxyl groups is 1. The summed E-state index contributed by atoms with van der Waals surface area (Å²) in [6.45, 7) is 8.32. The highest BCUT2D eigenvalue weighted by atomic mass is 16.5. The van der Waals surface area contributed by atoms with E-state index in [2.05, 4.69) is 49.3 Å². The number of rotatable bonds is 7. The molecule has 3 heterocycles. The Hall–Kier alpha value is -4.03. The third-order valence-corrected chi connectivity index (χ3v) is 6.37. The van der Waals surface area contributed by atoms with Crippen LogP contribution in [0.5, 0.6) is 0 Å². The molecular formula is C30H32N4O2. The van der Waals surface area contributed by atoms with Crippen molar-refractivity contribution in [3.63, 3.8) is 0 Å². The molecule has 2 aromatic heterocycles. The van der Waals surface area contributed by atoms with Crippen molar-refractivity contribution in [2.75, 3.05) is 12.4 Å². The van der Waals surface area contributed by atoms with Gasteiger partial charge in [-0.3, -0.25) is 0 Å². The number of fused-ring (bicyclic) bond motifs is 1. The lowest BCUT2D eigenvalue weighted by Gasteiger charge is -2.19. The average Bonchev–Trinajstić information content (AvgIpc) is 3.53. The van der Waals surface area contributed by atoms with E-state index >= 15 is 0 Å². The molecule has 1 aliphatic heterocycles. The number of aryl methyl sites for hydroxylation is 2. The Labute approximate surface area is 211 Å². The molecule has 0 amide bonds. The van der Waals surface area contributed by atoms with Crippen LogP contribution in [0, 0.1) is 13.8 Å². The predicted molar refractivity (Wildman–Crippen MR) is 147 cm³/mol. The number of aliphatic imine (C=N–C) groups is 1. The van der Waals surface area contributed by atoms with Crippen molar-refractivity contribution in [3.05, 3.63) is 106 Å². The number of aromatic nitrogens is 2. The summed E-state index contributed by atoms with van der Waals surface area (Å²) in [5, 5.41) is 16.0. The first kappa shape index (κ1) is 23.7. The molecule has 0 spiro atoms. The van der Waals surface area contributed by atoms with Crippen LogP contribution in [0.4, 0.5) is 5.69 Å². The number of hydrogen-bond acceptors (Lipinski definition) is 4. The van der Waals surface area contributed by atoms with Crippen LogP contribution in [0.2, 0.25) is 0 Å². The molecule has 5 rings (SSSR count). The zero-order valence-corrected chi connectivity index (χ0v) is 21.3. The molecule has 2 aromatic carbocycles. The second-order valence-electron chi connectivity index (χ2n) is 9.54. The van der Waals surface area contributed by atoms with Gasteiger partial charge in [0, 0.05) is 40.1 Å². The van der Waals surface area contributed by atoms with Gasteiger partial charge in [-0.1, -0.05) is 30.3 Å². The Balaban J connectivity index is 1.59. The largest absolute Gasteiger partial charge is 0.494 e. The van der Waals surface area contributed by atoms with Gasteiger partial charge in [0.15, 0.2) is 6.23 Å². The van der Waals surface area contributed by atoms with Crippen molar-refractivity contribution < 1.29 is 9.84 Å². The van der Waals surface area contributed by atoms with E-state index in [4.69, 9.17) is 9.73 Å². The summed E-state index contributed by atoms with van der Waals surface area (Å²) in [6, 6.07) is 20.5. The molecule has 0 fully saturated rings. The number of aliphatic hydroxyl groups excluding tert-OH is 1. The number of H-pyrrole nitrogens is 1. The number of aromatic amines is 1. The van der Waals surface area contributed by atoms with Gasteiger partial charge in [0.25, 0.3) is 0 Å². The van der Waals surface area contributed by atoms with Gasteiger partial charge in [-0.05, 0) is 69.7 Å². The summed E-state index contributed by atoms with van der Waals surface area (Å²) in [7, 11) is 1.65. The van der Waals surface area contributed by atoms with Crippen LogP contribution in [-0.2, 0) is 4.74 Å². The first-order chi connectivity index (χ1) is 17.3. The second-order valence-corrected chi connectivity index (χ2v) is 9.54. The van der Waals surface area contributed by atoms with E-state index in [0.717, 1.165) is 56.2 Å². The topological polar surface area (TPSA) is 74.6 Å². The SMILES string of the molecule is COC1=CC(c2cc3ccccc3n2C(O)c2ccc(NC(C)C)cc2)=N/C1=C\c1[nH]c(C)cc1C. The number of ether oxygens (including phenoxy) is 1. The number of para-hydroxylation sites is 1. The molecule has 184 valence electrons. The number of nitrogens with zero attached hydrogens (tertiary/aromatic N) is 2. The molecule has 0 saturated carbocycles. The van der Waals surface area contributed by atoms with Crippen LogP contribution >= 0.6 is 0 Å². The van der Waals surface area contributed by atoms with Crippen LogP contribution in [-0.4, -0.2) is 33.5 Å². The summed E-state index contributed by atoms with van der Waals surface area (Å²) in [4.78, 5) is 8.31. The molecule has 3 N–H and O–H groups in total. The van der Waals surface area contributed by atoms with Crippen LogP contribution < -0.4 is 5.32 Å². The van der Waals surface area contributed by atoms with E-state index in [-0.39, 0.29) is 0 Å². The molecule has 0 aliphatic carbocycles. The van der Waals surface area contributed by atoms with Crippen LogP contribution in [0.25, 0.3) is 17.0 Å². The van der Waals surface area contributed by atoms with E-state index in [1.807, 2.05) is 66.1 Å². The van der Waals surface area contributed by atoms with E-state index in [1.165, 1.54) is 0 Å². The summed E-state index contributed by atoms with van der Waals surface area (Å²) in [6.07, 6.45) is 3.06. The molecule has 4 aromatic rings. The Morgan fingerprint density at radius 2 is 1.81 bits per heavy atom. The first-order valence-electron chi connectivity index (χ1n) is 12.2. The third-order valence-electron chi connectivity index (χ3n) is 6.37. The van der Waals surface area contributed by atoms with E-state index in [1.54, 1.807) is 7.11 Å². The summed E-state index contributed by atoms with van der Waals surface area (Å²) >= 11 is 0. The van der Waals surface area contributed by atoms with Gasteiger partial charge in [0.05, 0.1) is 24.0 Å². The highest BCUT2D eigenvalue weighted by molar-refractivity contribution is 6.13. The van der Waals surface area contributed by atoms with E-state index < -0.39 is 6.23 Å². The average molecular weight is 481 g/mol. The van der Waals surface area contributed by atoms with Gasteiger partial charge in [-0.25, -0.2) is 4.99 Å². The van der Waals surface area contributed by atoms with Crippen molar-refractivity contribution in [3.8, 4) is 0 Å². The van der Waals surface area contributed by atoms with Crippen LogP contribution in [0.3, 0.4) is 0 Å². The maximum atomic E-state index is 11.6. The predicted octanol–water partition coefficient (Wildman–Crippen LogP) is 6.32. The van der Waals surface area contributed by atoms with Gasteiger partial charge in [-0.15, -0.1) is 0 Å². The minimum atomic E-state index is -0.878. The smallest absolute Gasteiger partial charge is 0.157 e. The highest BCUT2D eigenvalue weighted by Crippen LogP contribution is 2.32. The maximum absolute atomic E-state index is 11.6. The highest BCUT2D eigenvalue weighted by Gasteiger charge is 2.24. The Bertz CT molecular complexity index is 1500. The molecule has 1 aliphatic rings. The van der Waals surface area contributed by atoms with Crippen molar-refractivity contribution >= 4 is 28.4 Å². The van der Waals surface area contributed by atoms with Crippen molar-refractivity contribution in [2.24, 2.45) is 4.99 Å². The number of allylic oxidation sites excluding steroid dienone is 1. The normalized spacial score (nSPS) is 15.5. The standard InChI is InChI=1S/C30H32N4O2/c1-18(2)31-23-12-10-21(11-13-23)30(35)34-27-9-7-6-8-22(27)15-28(34)25-17-29(36-5)26(33-25)16-24-19(3)14-20(4)32-24/h6-18,30-32,35H,1-5H3/b26-16-. The molecule has 6 nitrogen and oxygen atoms in total. The molecule has 0 bridgehead atoms. The molecule has 0 radical (unpaired) electrons. The van der Waals surface area contributed by atoms with Gasteiger partial charge in [0.2, 0.25) is 0 Å². The zero-order chi connectivity index (χ0) is 25.4.